The lowest BCUT2D eigenvalue weighted by molar-refractivity contribution is 0.255. The Morgan fingerprint density at radius 3 is 2.53 bits per heavy atom. The van der Waals surface area contributed by atoms with Crippen LogP contribution < -0.4 is 10.0 Å². The van der Waals surface area contributed by atoms with E-state index in [4.69, 9.17) is 28.2 Å². The van der Waals surface area contributed by atoms with Crippen molar-refractivity contribution in [2.75, 3.05) is 16.6 Å². The molecule has 3 N–H and O–H groups in total. The number of hydrogen-bond donors (Lipinski definition) is 3. The maximum atomic E-state index is 15.7. The molecule has 15 heteroatoms. The first-order chi connectivity index (χ1) is 21.6. The lowest BCUT2D eigenvalue weighted by atomic mass is 9.95. The highest BCUT2D eigenvalue weighted by atomic mass is 35.5. The summed E-state index contributed by atoms with van der Waals surface area (Å²) < 4.78 is 60.6. The van der Waals surface area contributed by atoms with Gasteiger partial charge in [-0.1, -0.05) is 41.4 Å². The average Bonchev–Trinajstić information content (AvgIpc) is 3.72. The molecule has 1 aliphatic rings. The molecule has 228 valence electrons. The average molecular weight is 669 g/mol. The number of benzene rings is 3. The number of halogens is 4. The Morgan fingerprint density at radius 1 is 0.956 bits per heavy atom. The number of aliphatic hydroxyl groups is 1. The minimum Gasteiger partial charge on any atom is -0.395 e. The summed E-state index contributed by atoms with van der Waals surface area (Å²) in [6.45, 7) is 0.0314. The molecule has 0 atom stereocenters. The molecule has 0 spiro atoms. The Kier molecular flexibility index (Phi) is 7.08. The number of sulfonamides is 1. The van der Waals surface area contributed by atoms with Crippen LogP contribution >= 0.6 is 23.2 Å². The van der Waals surface area contributed by atoms with Gasteiger partial charge in [0.15, 0.2) is 11.6 Å². The van der Waals surface area contributed by atoms with Crippen molar-refractivity contribution < 1.29 is 22.3 Å². The van der Waals surface area contributed by atoms with Gasteiger partial charge < -0.3 is 10.4 Å². The molecule has 1 fully saturated rings. The Balaban J connectivity index is 1.26. The minimum atomic E-state index is -4.40. The first-order valence-corrected chi connectivity index (χ1v) is 15.8. The smallest absolute Gasteiger partial charge is 0.263 e. The third-order valence-electron chi connectivity index (χ3n) is 7.80. The molecule has 0 radical (unpaired) electrons. The van der Waals surface area contributed by atoms with Crippen LogP contribution in [0.1, 0.15) is 18.4 Å². The molecule has 3 aromatic carbocycles. The Bertz CT molecular complexity index is 2260. The van der Waals surface area contributed by atoms with Gasteiger partial charge in [0.25, 0.3) is 10.0 Å². The molecule has 1 aliphatic carbocycles. The van der Waals surface area contributed by atoms with Gasteiger partial charge in [-0.2, -0.15) is 0 Å². The van der Waals surface area contributed by atoms with Crippen LogP contribution in [0.2, 0.25) is 10.0 Å². The van der Waals surface area contributed by atoms with Crippen molar-refractivity contribution in [1.29, 1.82) is 0 Å². The first kappa shape index (κ1) is 29.3. The number of nitrogens with one attached hydrogen (secondary N) is 2. The highest BCUT2D eigenvalue weighted by Crippen LogP contribution is 2.49. The van der Waals surface area contributed by atoms with E-state index in [1.807, 2.05) is 18.2 Å². The molecular weight excluding hydrogens is 647 g/mol. The van der Waals surface area contributed by atoms with Crippen LogP contribution in [0.15, 0.2) is 78.2 Å². The van der Waals surface area contributed by atoms with Gasteiger partial charge >= 0.3 is 0 Å². The second kappa shape index (κ2) is 10.9. The topological polar surface area (TPSA) is 135 Å². The van der Waals surface area contributed by atoms with Crippen molar-refractivity contribution in [1.82, 2.24) is 24.5 Å². The molecule has 0 aliphatic heterocycles. The highest BCUT2D eigenvalue weighted by molar-refractivity contribution is 7.92. The number of hydrogen-bond acceptors (Lipinski definition) is 8. The third kappa shape index (κ3) is 5.01. The summed E-state index contributed by atoms with van der Waals surface area (Å²) in [5.41, 5.74) is 1.54. The molecule has 6 aromatic rings. The maximum absolute atomic E-state index is 15.7. The number of aromatic nitrogens is 5. The number of para-hydroxylation sites is 1. The molecule has 0 unspecified atom stereocenters. The molecule has 10 nitrogen and oxygen atoms in total. The Hall–Kier alpha value is -4.43. The van der Waals surface area contributed by atoms with Crippen LogP contribution in [-0.2, 0) is 15.4 Å². The predicted octanol–water partition coefficient (Wildman–Crippen LogP) is 6.52. The zero-order chi connectivity index (χ0) is 31.5. The number of nitrogens with zero attached hydrogens (tertiary/aromatic N) is 5. The standard InChI is InChI=1S/C30H21Cl2F2N7O3S/c31-17-4-2-6-22(24(17)32)45(43,44)40-19-8-7-18(33)27(25(19)34)39-29-28-20(35-14-36-29)9-10-23(38-28)41-15-37-26-16(3-1-5-21(26)41)30(13-42)11-12-30/h1-10,14-15,40,42H,11-13H2,(H,35,36,39). The summed E-state index contributed by atoms with van der Waals surface area (Å²) in [5, 5.41) is 12.4. The quantitative estimate of drug-likeness (QED) is 0.167. The molecule has 0 saturated heterocycles. The summed E-state index contributed by atoms with van der Waals surface area (Å²) in [4.78, 5) is 17.3. The fourth-order valence-corrected chi connectivity index (χ4v) is 7.05. The van der Waals surface area contributed by atoms with Gasteiger partial charge in [0.05, 0.1) is 38.9 Å². The van der Waals surface area contributed by atoms with Gasteiger partial charge in [-0.3, -0.25) is 9.29 Å². The number of fused-ring (bicyclic) bond motifs is 2. The minimum absolute atomic E-state index is 0.00916. The normalized spacial score (nSPS) is 14.2. The first-order valence-electron chi connectivity index (χ1n) is 13.5. The second-order valence-corrected chi connectivity index (χ2v) is 13.0. The van der Waals surface area contributed by atoms with E-state index < -0.39 is 33.0 Å². The molecular formula is C30H21Cl2F2N7O3S. The van der Waals surface area contributed by atoms with Crippen LogP contribution in [0.25, 0.3) is 27.9 Å². The Labute approximate surface area is 264 Å². The predicted molar refractivity (Wildman–Crippen MR) is 167 cm³/mol. The molecule has 0 amide bonds. The van der Waals surface area contributed by atoms with Crippen molar-refractivity contribution in [3.8, 4) is 5.82 Å². The van der Waals surface area contributed by atoms with Gasteiger partial charge in [0.2, 0.25) is 0 Å². The lowest BCUT2D eigenvalue weighted by Gasteiger charge is -2.15. The summed E-state index contributed by atoms with van der Waals surface area (Å²) in [7, 11) is -4.40. The van der Waals surface area contributed by atoms with Crippen molar-refractivity contribution >= 4 is 72.5 Å². The second-order valence-electron chi connectivity index (χ2n) is 10.6. The molecule has 7 rings (SSSR count). The lowest BCUT2D eigenvalue weighted by Crippen LogP contribution is -2.15. The molecule has 3 heterocycles. The fraction of sp³-hybridized carbons (Fsp3) is 0.133. The van der Waals surface area contributed by atoms with Gasteiger partial charge in [0.1, 0.15) is 40.4 Å². The number of imidazole rings is 1. The van der Waals surface area contributed by atoms with Crippen LogP contribution in [0.5, 0.6) is 0 Å². The van der Waals surface area contributed by atoms with Crippen molar-refractivity contribution in [3.05, 3.63) is 101 Å². The van der Waals surface area contributed by atoms with Crippen LogP contribution in [0.3, 0.4) is 0 Å². The Morgan fingerprint density at radius 2 is 1.76 bits per heavy atom. The molecule has 0 bridgehead atoms. The van der Waals surface area contributed by atoms with E-state index in [9.17, 15) is 13.5 Å². The zero-order valence-corrected chi connectivity index (χ0v) is 25.3. The number of aliphatic hydroxyl groups excluding tert-OH is 1. The fourth-order valence-electron chi connectivity index (χ4n) is 5.22. The maximum Gasteiger partial charge on any atom is 0.263 e. The van der Waals surface area contributed by atoms with Crippen LogP contribution in [0, 0.1) is 11.6 Å². The summed E-state index contributed by atoms with van der Waals surface area (Å²) in [5.74, 6) is -1.83. The van der Waals surface area contributed by atoms with Gasteiger partial charge in [-0.25, -0.2) is 37.1 Å². The zero-order valence-electron chi connectivity index (χ0n) is 23.0. The highest BCUT2D eigenvalue weighted by Gasteiger charge is 2.45. The van der Waals surface area contributed by atoms with E-state index in [1.165, 1.54) is 24.5 Å². The summed E-state index contributed by atoms with van der Waals surface area (Å²) in [6, 6.07) is 15.0. The van der Waals surface area contributed by atoms with Gasteiger partial charge in [0, 0.05) is 5.41 Å². The van der Waals surface area contributed by atoms with Crippen molar-refractivity contribution in [3.63, 3.8) is 0 Å². The van der Waals surface area contributed by atoms with Crippen LogP contribution in [0.4, 0.5) is 26.0 Å². The van der Waals surface area contributed by atoms with E-state index in [0.29, 0.717) is 11.3 Å². The van der Waals surface area contributed by atoms with E-state index in [2.05, 4.69) is 25.0 Å². The van der Waals surface area contributed by atoms with E-state index >= 15 is 8.78 Å². The summed E-state index contributed by atoms with van der Waals surface area (Å²) >= 11 is 12.0. The monoisotopic (exact) mass is 667 g/mol. The number of anilines is 3. The number of pyridine rings is 1. The molecule has 3 aromatic heterocycles. The van der Waals surface area contributed by atoms with E-state index in [0.717, 1.165) is 41.6 Å². The van der Waals surface area contributed by atoms with Gasteiger partial charge in [-0.15, -0.1) is 0 Å². The molecule has 1 saturated carbocycles. The van der Waals surface area contributed by atoms with E-state index in [-0.39, 0.29) is 38.3 Å². The SMILES string of the molecule is O=S(=O)(Nc1ccc(F)c(Nc2ncnc3ccc(-n4cnc5c(C6(CO)CC6)cccc54)nc23)c1F)c1cccc(Cl)c1Cl. The largest absolute Gasteiger partial charge is 0.395 e. The van der Waals surface area contributed by atoms with E-state index in [1.54, 1.807) is 23.0 Å². The van der Waals surface area contributed by atoms with Crippen LogP contribution in [-0.4, -0.2) is 44.6 Å². The van der Waals surface area contributed by atoms with Crippen molar-refractivity contribution in [2.24, 2.45) is 0 Å². The molecule has 45 heavy (non-hydrogen) atoms. The number of rotatable bonds is 8. The van der Waals surface area contributed by atoms with Crippen molar-refractivity contribution in [2.45, 2.75) is 23.2 Å². The summed E-state index contributed by atoms with van der Waals surface area (Å²) in [6.07, 6.45) is 4.58. The third-order valence-corrected chi connectivity index (χ3v) is 10.1. The van der Waals surface area contributed by atoms with Gasteiger partial charge in [-0.05, 0) is 60.9 Å².